The summed E-state index contributed by atoms with van der Waals surface area (Å²) in [5.41, 5.74) is 5.13. The number of carbonyl (C=O) groups excluding carboxylic acids is 1. The molecule has 4 N–H and O–H groups in total. The van der Waals surface area contributed by atoms with Gasteiger partial charge in [0.05, 0.1) is 17.7 Å². The van der Waals surface area contributed by atoms with E-state index >= 15 is 0 Å². The number of carbonyl (C=O) groups is 1. The van der Waals surface area contributed by atoms with E-state index in [0.29, 0.717) is 0 Å². The van der Waals surface area contributed by atoms with Crippen molar-refractivity contribution in [2.75, 3.05) is 19.3 Å². The van der Waals surface area contributed by atoms with Gasteiger partial charge in [-0.3, -0.25) is 4.79 Å². The number of nitrogens with two attached hydrogens (primary N) is 1. The second-order valence-electron chi connectivity index (χ2n) is 2.66. The Balaban J connectivity index is 3.56. The largest absolute Gasteiger partial charge is 0.393 e. The quantitative estimate of drug-likeness (QED) is 0.380. The maximum Gasteiger partial charge on any atom is 0.226 e. The summed E-state index contributed by atoms with van der Waals surface area (Å²) >= 11 is 4.52. The molecule has 0 atom stereocenters. The van der Waals surface area contributed by atoms with E-state index in [9.17, 15) is 13.2 Å². The van der Waals surface area contributed by atoms with Gasteiger partial charge in [0, 0.05) is 13.1 Å². The van der Waals surface area contributed by atoms with Gasteiger partial charge in [0.1, 0.15) is 0 Å². The molecule has 14 heavy (non-hydrogen) atoms. The molecule has 0 saturated carbocycles. The standard InChI is InChI=1S/C6H13N3O3S2/c1-14(11,12)9-3-2-8-6(10)4-5(7)13/h9H,2-4H2,1H3,(H2,7,13)(H,8,10). The highest BCUT2D eigenvalue weighted by Crippen LogP contribution is 1.79. The van der Waals surface area contributed by atoms with Gasteiger partial charge in [0.15, 0.2) is 0 Å². The summed E-state index contributed by atoms with van der Waals surface area (Å²) < 4.78 is 23.4. The molecule has 0 bridgehead atoms. The molecule has 1 amide bonds. The van der Waals surface area contributed by atoms with Gasteiger partial charge in [-0.25, -0.2) is 13.1 Å². The zero-order chi connectivity index (χ0) is 11.2. The Hall–Kier alpha value is -0.730. The van der Waals surface area contributed by atoms with Crippen LogP contribution in [0.4, 0.5) is 0 Å². The first-order valence-corrected chi connectivity index (χ1v) is 6.11. The monoisotopic (exact) mass is 239 g/mol. The lowest BCUT2D eigenvalue weighted by molar-refractivity contribution is -0.119. The highest BCUT2D eigenvalue weighted by molar-refractivity contribution is 7.88. The lowest BCUT2D eigenvalue weighted by Gasteiger charge is -2.04. The minimum absolute atomic E-state index is 0.0196. The van der Waals surface area contributed by atoms with Crippen molar-refractivity contribution in [2.45, 2.75) is 6.42 Å². The number of thiocarbonyl (C=S) groups is 1. The van der Waals surface area contributed by atoms with Gasteiger partial charge in [0.25, 0.3) is 0 Å². The van der Waals surface area contributed by atoms with E-state index in [2.05, 4.69) is 22.3 Å². The van der Waals surface area contributed by atoms with Gasteiger partial charge >= 0.3 is 0 Å². The summed E-state index contributed by atoms with van der Waals surface area (Å²) in [6.45, 7) is 0.371. The molecule has 0 heterocycles. The third-order valence-corrected chi connectivity index (χ3v) is 2.02. The first kappa shape index (κ1) is 13.3. The van der Waals surface area contributed by atoms with Crippen molar-refractivity contribution >= 4 is 33.1 Å². The van der Waals surface area contributed by atoms with Crippen LogP contribution in [0.1, 0.15) is 6.42 Å². The van der Waals surface area contributed by atoms with Gasteiger partial charge in [0.2, 0.25) is 15.9 Å². The minimum Gasteiger partial charge on any atom is -0.393 e. The molecule has 0 spiro atoms. The fourth-order valence-corrected chi connectivity index (χ4v) is 1.26. The van der Waals surface area contributed by atoms with Crippen molar-refractivity contribution in [3.05, 3.63) is 0 Å². The average molecular weight is 239 g/mol. The van der Waals surface area contributed by atoms with E-state index in [-0.39, 0.29) is 30.4 Å². The Morgan fingerprint density at radius 1 is 1.43 bits per heavy atom. The Labute approximate surface area is 88.3 Å². The second kappa shape index (κ2) is 5.89. The van der Waals surface area contributed by atoms with Gasteiger partial charge in [-0.1, -0.05) is 12.2 Å². The summed E-state index contributed by atoms with van der Waals surface area (Å²) in [6, 6.07) is 0. The number of hydrogen-bond donors (Lipinski definition) is 3. The molecule has 0 aliphatic heterocycles. The van der Waals surface area contributed by atoms with Crippen LogP contribution in [0.15, 0.2) is 0 Å². The highest BCUT2D eigenvalue weighted by atomic mass is 32.2. The molecule has 0 aromatic carbocycles. The summed E-state index contributed by atoms with van der Waals surface area (Å²) in [5, 5.41) is 2.45. The Morgan fingerprint density at radius 3 is 2.43 bits per heavy atom. The fourth-order valence-electron chi connectivity index (χ4n) is 0.659. The second-order valence-corrected chi connectivity index (χ2v) is 5.02. The lowest BCUT2D eigenvalue weighted by Crippen LogP contribution is -2.35. The third-order valence-electron chi connectivity index (χ3n) is 1.15. The molecular formula is C6H13N3O3S2. The maximum absolute atomic E-state index is 10.9. The summed E-state index contributed by atoms with van der Waals surface area (Å²) in [5.74, 6) is -0.312. The highest BCUT2D eigenvalue weighted by Gasteiger charge is 2.03. The van der Waals surface area contributed by atoms with Crippen molar-refractivity contribution in [3.63, 3.8) is 0 Å². The molecule has 6 nitrogen and oxygen atoms in total. The molecule has 0 aliphatic carbocycles. The Kier molecular flexibility index (Phi) is 5.58. The van der Waals surface area contributed by atoms with E-state index in [0.717, 1.165) is 6.26 Å². The first-order valence-electron chi connectivity index (χ1n) is 3.81. The topological polar surface area (TPSA) is 101 Å². The van der Waals surface area contributed by atoms with E-state index in [1.54, 1.807) is 0 Å². The predicted molar refractivity (Wildman–Crippen MR) is 57.3 cm³/mol. The van der Waals surface area contributed by atoms with Crippen LogP contribution in [-0.4, -0.2) is 38.7 Å². The van der Waals surface area contributed by atoms with Crippen molar-refractivity contribution in [1.82, 2.24) is 10.0 Å². The molecule has 0 rings (SSSR count). The number of sulfonamides is 1. The molecule has 0 aliphatic rings. The van der Waals surface area contributed by atoms with Crippen LogP contribution >= 0.6 is 12.2 Å². The van der Waals surface area contributed by atoms with Crippen molar-refractivity contribution in [1.29, 1.82) is 0 Å². The van der Waals surface area contributed by atoms with Crippen LogP contribution in [-0.2, 0) is 14.8 Å². The molecule has 0 unspecified atom stereocenters. The molecule has 8 heteroatoms. The van der Waals surface area contributed by atoms with Gasteiger partial charge in [-0.05, 0) is 0 Å². The molecule has 0 fully saturated rings. The summed E-state index contributed by atoms with van der Waals surface area (Å²) in [7, 11) is -3.20. The summed E-state index contributed by atoms with van der Waals surface area (Å²) in [4.78, 5) is 11.0. The van der Waals surface area contributed by atoms with Crippen molar-refractivity contribution in [2.24, 2.45) is 5.73 Å². The fraction of sp³-hybridized carbons (Fsp3) is 0.667. The molecule has 82 valence electrons. The molecule has 0 aromatic heterocycles. The Bertz CT molecular complexity index is 312. The lowest BCUT2D eigenvalue weighted by atomic mass is 10.4. The van der Waals surface area contributed by atoms with Gasteiger partial charge < -0.3 is 11.1 Å². The molecule has 0 saturated heterocycles. The van der Waals surface area contributed by atoms with E-state index < -0.39 is 10.0 Å². The average Bonchev–Trinajstić information content (AvgIpc) is 1.95. The van der Waals surface area contributed by atoms with Crippen molar-refractivity contribution < 1.29 is 13.2 Å². The normalized spacial score (nSPS) is 10.9. The maximum atomic E-state index is 10.9. The molecular weight excluding hydrogens is 226 g/mol. The van der Waals surface area contributed by atoms with E-state index in [1.807, 2.05) is 0 Å². The number of amides is 1. The zero-order valence-corrected chi connectivity index (χ0v) is 9.37. The molecule has 0 radical (unpaired) electrons. The van der Waals surface area contributed by atoms with Gasteiger partial charge in [-0.15, -0.1) is 0 Å². The zero-order valence-electron chi connectivity index (χ0n) is 7.74. The van der Waals surface area contributed by atoms with Gasteiger partial charge in [-0.2, -0.15) is 0 Å². The van der Waals surface area contributed by atoms with Crippen LogP contribution in [0, 0.1) is 0 Å². The van der Waals surface area contributed by atoms with E-state index in [1.165, 1.54) is 0 Å². The van der Waals surface area contributed by atoms with Crippen LogP contribution in [0.2, 0.25) is 0 Å². The number of nitrogens with one attached hydrogen (secondary N) is 2. The minimum atomic E-state index is -3.20. The van der Waals surface area contributed by atoms with Crippen LogP contribution in [0.25, 0.3) is 0 Å². The Morgan fingerprint density at radius 2 is 2.00 bits per heavy atom. The summed E-state index contributed by atoms with van der Waals surface area (Å²) in [6.07, 6.45) is 1.03. The smallest absolute Gasteiger partial charge is 0.226 e. The number of hydrogen-bond acceptors (Lipinski definition) is 4. The predicted octanol–water partition coefficient (Wildman–Crippen LogP) is -1.67. The first-order chi connectivity index (χ1) is 6.31. The van der Waals surface area contributed by atoms with Crippen LogP contribution in [0.3, 0.4) is 0 Å². The van der Waals surface area contributed by atoms with E-state index in [4.69, 9.17) is 5.73 Å². The third kappa shape index (κ3) is 9.36. The number of rotatable bonds is 6. The molecule has 0 aromatic rings. The van der Waals surface area contributed by atoms with Crippen LogP contribution in [0.5, 0.6) is 0 Å². The van der Waals surface area contributed by atoms with Crippen LogP contribution < -0.4 is 15.8 Å². The van der Waals surface area contributed by atoms with Crippen molar-refractivity contribution in [3.8, 4) is 0 Å². The SMILES string of the molecule is CS(=O)(=O)NCCNC(=O)CC(N)=S.